The molecule has 2 aromatic rings. The summed E-state index contributed by atoms with van der Waals surface area (Å²) in [5, 5.41) is 0. The van der Waals surface area contributed by atoms with Crippen molar-refractivity contribution in [3.63, 3.8) is 0 Å². The van der Waals surface area contributed by atoms with E-state index in [0.717, 1.165) is 31.7 Å². The lowest BCUT2D eigenvalue weighted by Gasteiger charge is -2.40. The van der Waals surface area contributed by atoms with E-state index in [1.165, 1.54) is 0 Å². The first-order chi connectivity index (χ1) is 14.1. The predicted molar refractivity (Wildman–Crippen MR) is 91.3 cm³/mol. The summed E-state index contributed by atoms with van der Waals surface area (Å²) in [4.78, 5) is 38.5. The Labute approximate surface area is 167 Å². The Morgan fingerprint density at radius 1 is 1.00 bits per heavy atom. The summed E-state index contributed by atoms with van der Waals surface area (Å²) in [6.45, 7) is 2.95. The van der Waals surface area contributed by atoms with E-state index in [1.54, 1.807) is 0 Å². The normalized spacial score (nSPS) is 23.8. The molecule has 1 aliphatic rings. The highest BCUT2D eigenvalue weighted by molar-refractivity contribution is 5.76. The van der Waals surface area contributed by atoms with Gasteiger partial charge >= 0.3 is 17.9 Å². The number of imidazole rings is 1. The SMILES string of the molecule is CC(=O)O[C@@H]1[C@H](OC(C)=O)[C@H](OC(C)=O)CO[C@H]1n1cnc2cc(F)c(F)c(F)c21. The van der Waals surface area contributed by atoms with Crippen molar-refractivity contribution in [2.45, 2.75) is 45.3 Å². The van der Waals surface area contributed by atoms with Crippen LogP contribution in [0.25, 0.3) is 11.0 Å². The topological polar surface area (TPSA) is 106 Å². The zero-order valence-corrected chi connectivity index (χ0v) is 16.1. The molecular formula is C18H17F3N2O7. The van der Waals surface area contributed by atoms with Crippen LogP contribution in [-0.4, -0.2) is 52.4 Å². The maximum absolute atomic E-state index is 14.5. The summed E-state index contributed by atoms with van der Waals surface area (Å²) < 4.78 is 63.9. The van der Waals surface area contributed by atoms with Gasteiger partial charge in [-0.3, -0.25) is 19.0 Å². The molecule has 1 saturated heterocycles. The van der Waals surface area contributed by atoms with Crippen molar-refractivity contribution in [3.05, 3.63) is 29.8 Å². The number of aromatic nitrogens is 2. The largest absolute Gasteiger partial charge is 0.456 e. The van der Waals surface area contributed by atoms with E-state index in [-0.39, 0.29) is 12.1 Å². The molecule has 4 atom stereocenters. The molecule has 0 unspecified atom stereocenters. The highest BCUT2D eigenvalue weighted by Gasteiger charge is 2.48. The Morgan fingerprint density at radius 2 is 1.60 bits per heavy atom. The van der Waals surface area contributed by atoms with Crippen LogP contribution in [0.3, 0.4) is 0 Å². The molecule has 12 heteroatoms. The van der Waals surface area contributed by atoms with Crippen molar-refractivity contribution in [2.75, 3.05) is 6.61 Å². The van der Waals surface area contributed by atoms with Gasteiger partial charge in [-0.15, -0.1) is 0 Å². The lowest BCUT2D eigenvalue weighted by Crippen LogP contribution is -2.55. The Kier molecular flexibility index (Phi) is 5.97. The average molecular weight is 430 g/mol. The third kappa shape index (κ3) is 4.08. The maximum atomic E-state index is 14.5. The van der Waals surface area contributed by atoms with E-state index in [0.29, 0.717) is 6.07 Å². The molecule has 0 radical (unpaired) electrons. The summed E-state index contributed by atoms with van der Waals surface area (Å²) >= 11 is 0. The van der Waals surface area contributed by atoms with Gasteiger partial charge in [0.2, 0.25) is 0 Å². The van der Waals surface area contributed by atoms with Crippen LogP contribution in [-0.2, 0) is 33.3 Å². The van der Waals surface area contributed by atoms with Crippen LogP contribution in [0.5, 0.6) is 0 Å². The van der Waals surface area contributed by atoms with Crippen LogP contribution in [0.1, 0.15) is 27.0 Å². The minimum absolute atomic E-state index is 0.220. The molecule has 3 rings (SSSR count). The highest BCUT2D eigenvalue weighted by Crippen LogP contribution is 2.34. The summed E-state index contributed by atoms with van der Waals surface area (Å²) in [6, 6.07) is 0.694. The zero-order valence-electron chi connectivity index (χ0n) is 16.1. The molecule has 9 nitrogen and oxygen atoms in total. The molecule has 0 spiro atoms. The monoisotopic (exact) mass is 430 g/mol. The van der Waals surface area contributed by atoms with Gasteiger partial charge in [-0.2, -0.15) is 0 Å². The molecule has 0 N–H and O–H groups in total. The minimum Gasteiger partial charge on any atom is -0.456 e. The third-order valence-electron chi connectivity index (χ3n) is 4.29. The average Bonchev–Trinajstić information content (AvgIpc) is 3.05. The van der Waals surface area contributed by atoms with Crippen LogP contribution in [0.4, 0.5) is 13.2 Å². The smallest absolute Gasteiger partial charge is 0.303 e. The number of nitrogens with zero attached hydrogens (tertiary/aromatic N) is 2. The minimum atomic E-state index is -1.72. The number of ether oxygens (including phenoxy) is 4. The number of halogens is 3. The van der Waals surface area contributed by atoms with Crippen molar-refractivity contribution in [1.29, 1.82) is 0 Å². The Hall–Kier alpha value is -3.15. The lowest BCUT2D eigenvalue weighted by atomic mass is 10.0. The van der Waals surface area contributed by atoms with Crippen molar-refractivity contribution < 1.29 is 46.5 Å². The van der Waals surface area contributed by atoms with Gasteiger partial charge in [0.25, 0.3) is 0 Å². The number of rotatable bonds is 4. The molecule has 1 aromatic carbocycles. The van der Waals surface area contributed by atoms with E-state index in [1.807, 2.05) is 0 Å². The van der Waals surface area contributed by atoms with E-state index in [2.05, 4.69) is 4.98 Å². The van der Waals surface area contributed by atoms with Crippen molar-refractivity contribution >= 4 is 28.9 Å². The van der Waals surface area contributed by atoms with Crippen molar-refractivity contribution in [2.24, 2.45) is 0 Å². The first-order valence-electron chi connectivity index (χ1n) is 8.73. The second-order valence-corrected chi connectivity index (χ2v) is 6.53. The number of hydrogen-bond donors (Lipinski definition) is 0. The standard InChI is InChI=1S/C18H17F3N2O7/c1-7(24)28-12-5-27-18(17(30-9(3)26)16(12)29-8(2)25)23-6-22-11-4-10(19)13(20)14(21)15(11)23/h4,6,12,16-18H,5H2,1-3H3/t12-,16-,17-,18-/m1/s1. The quantitative estimate of drug-likeness (QED) is 0.411. The van der Waals surface area contributed by atoms with Crippen molar-refractivity contribution in [1.82, 2.24) is 9.55 Å². The predicted octanol–water partition coefficient (Wildman–Crippen LogP) is 1.78. The van der Waals surface area contributed by atoms with E-state index in [9.17, 15) is 27.6 Å². The number of hydrogen-bond acceptors (Lipinski definition) is 8. The Morgan fingerprint density at radius 3 is 2.20 bits per heavy atom. The van der Waals surface area contributed by atoms with E-state index in [4.69, 9.17) is 18.9 Å². The number of fused-ring (bicyclic) bond motifs is 1. The van der Waals surface area contributed by atoms with Gasteiger partial charge in [0.05, 0.1) is 18.5 Å². The number of carbonyl (C=O) groups is 3. The van der Waals surface area contributed by atoms with Crippen LogP contribution < -0.4 is 0 Å². The molecule has 0 saturated carbocycles. The molecular weight excluding hydrogens is 413 g/mol. The van der Waals surface area contributed by atoms with Gasteiger partial charge in [-0.25, -0.2) is 18.2 Å². The second kappa shape index (κ2) is 8.30. The molecule has 0 aliphatic carbocycles. The second-order valence-electron chi connectivity index (χ2n) is 6.53. The van der Waals surface area contributed by atoms with Gasteiger partial charge in [0.1, 0.15) is 5.52 Å². The lowest BCUT2D eigenvalue weighted by molar-refractivity contribution is -0.239. The Balaban J connectivity index is 2.10. The first-order valence-corrected chi connectivity index (χ1v) is 8.73. The molecule has 0 amide bonds. The Bertz CT molecular complexity index is 1010. The maximum Gasteiger partial charge on any atom is 0.303 e. The summed E-state index contributed by atoms with van der Waals surface area (Å²) in [5.74, 6) is -6.98. The fraction of sp³-hybridized carbons (Fsp3) is 0.444. The molecule has 1 fully saturated rings. The molecule has 2 heterocycles. The van der Waals surface area contributed by atoms with Crippen LogP contribution in [0.2, 0.25) is 0 Å². The van der Waals surface area contributed by atoms with Gasteiger partial charge in [0, 0.05) is 26.8 Å². The first kappa shape index (κ1) is 21.6. The van der Waals surface area contributed by atoms with Crippen molar-refractivity contribution in [3.8, 4) is 0 Å². The number of carbonyl (C=O) groups excluding carboxylic acids is 3. The third-order valence-corrected chi connectivity index (χ3v) is 4.29. The molecule has 0 bridgehead atoms. The number of esters is 3. The summed E-state index contributed by atoms with van der Waals surface area (Å²) in [6.07, 6.45) is -4.20. The molecule has 162 valence electrons. The van der Waals surface area contributed by atoms with Gasteiger partial charge < -0.3 is 18.9 Å². The van der Waals surface area contributed by atoms with Gasteiger partial charge in [-0.05, 0) is 0 Å². The van der Waals surface area contributed by atoms with Gasteiger partial charge in [-0.1, -0.05) is 0 Å². The van der Waals surface area contributed by atoms with Crippen LogP contribution in [0, 0.1) is 17.5 Å². The molecule has 1 aromatic heterocycles. The van der Waals surface area contributed by atoms with Crippen LogP contribution >= 0.6 is 0 Å². The summed E-state index contributed by atoms with van der Waals surface area (Å²) in [7, 11) is 0. The van der Waals surface area contributed by atoms with E-state index < -0.39 is 65.4 Å². The van der Waals surface area contributed by atoms with Crippen LogP contribution in [0.15, 0.2) is 12.4 Å². The number of benzene rings is 1. The highest BCUT2D eigenvalue weighted by atomic mass is 19.2. The zero-order chi connectivity index (χ0) is 22.2. The van der Waals surface area contributed by atoms with Gasteiger partial charge in [0.15, 0.2) is 42.0 Å². The fourth-order valence-electron chi connectivity index (χ4n) is 3.25. The van der Waals surface area contributed by atoms with E-state index >= 15 is 0 Å². The fourth-order valence-corrected chi connectivity index (χ4v) is 3.25. The summed E-state index contributed by atoms with van der Waals surface area (Å²) in [5.41, 5.74) is -0.675. The molecule has 1 aliphatic heterocycles. The molecule has 30 heavy (non-hydrogen) atoms.